The van der Waals surface area contributed by atoms with Crippen molar-refractivity contribution in [2.24, 2.45) is 0 Å². The summed E-state index contributed by atoms with van der Waals surface area (Å²) in [7, 11) is 0. The standard InChI is InChI=1S/C18H18N6.C2HF3O2/c1-13-9-20-18(21-10-13)24-7-4-15-16(5-8-24)22-12-23-17(15)14-3-2-6-19-11-14;3-2(4,5)1(6)7/h2-3,6,9-12H,4-5,7-8H2,1H3;(H,6,7). The molecule has 0 atom stereocenters. The number of aliphatic carboxylic acids is 1. The molecule has 0 radical (unpaired) electrons. The minimum absolute atomic E-state index is 0.782. The highest BCUT2D eigenvalue weighted by Gasteiger charge is 2.38. The second-order valence-corrected chi connectivity index (χ2v) is 6.74. The summed E-state index contributed by atoms with van der Waals surface area (Å²) in [5, 5.41) is 7.12. The topological polar surface area (TPSA) is 105 Å². The van der Waals surface area contributed by atoms with Gasteiger partial charge in [0.05, 0.1) is 5.69 Å². The Balaban J connectivity index is 0.000000339. The van der Waals surface area contributed by atoms with Crippen LogP contribution in [0.1, 0.15) is 16.8 Å². The molecule has 11 heteroatoms. The van der Waals surface area contributed by atoms with Crippen molar-refractivity contribution >= 4 is 11.9 Å². The van der Waals surface area contributed by atoms with E-state index in [1.807, 2.05) is 37.6 Å². The number of anilines is 1. The zero-order valence-corrected chi connectivity index (χ0v) is 16.5. The molecule has 31 heavy (non-hydrogen) atoms. The fraction of sp³-hybridized carbons (Fsp3) is 0.300. The smallest absolute Gasteiger partial charge is 0.475 e. The number of pyridine rings is 1. The van der Waals surface area contributed by atoms with E-state index in [4.69, 9.17) is 9.90 Å². The summed E-state index contributed by atoms with van der Waals surface area (Å²) in [6.07, 6.45) is 5.66. The Hall–Kier alpha value is -3.63. The summed E-state index contributed by atoms with van der Waals surface area (Å²) >= 11 is 0. The Kier molecular flexibility index (Phi) is 6.73. The van der Waals surface area contributed by atoms with E-state index in [1.54, 1.807) is 12.5 Å². The van der Waals surface area contributed by atoms with Gasteiger partial charge in [0.15, 0.2) is 0 Å². The molecule has 0 aliphatic carbocycles. The molecule has 0 bridgehead atoms. The number of carbonyl (C=O) groups is 1. The molecule has 0 fully saturated rings. The second kappa shape index (κ2) is 9.45. The Labute approximate surface area is 175 Å². The number of carboxylic acids is 1. The van der Waals surface area contributed by atoms with E-state index in [0.29, 0.717) is 0 Å². The van der Waals surface area contributed by atoms with E-state index in [-0.39, 0.29) is 0 Å². The third-order valence-corrected chi connectivity index (χ3v) is 4.51. The maximum absolute atomic E-state index is 10.6. The maximum Gasteiger partial charge on any atom is 0.490 e. The van der Waals surface area contributed by atoms with Gasteiger partial charge in [0, 0.05) is 61.1 Å². The van der Waals surface area contributed by atoms with E-state index in [9.17, 15) is 13.2 Å². The fourth-order valence-corrected chi connectivity index (χ4v) is 3.03. The molecule has 0 saturated carbocycles. The molecule has 0 spiro atoms. The zero-order valence-electron chi connectivity index (χ0n) is 16.5. The van der Waals surface area contributed by atoms with Crippen LogP contribution in [-0.4, -0.2) is 55.3 Å². The van der Waals surface area contributed by atoms with Crippen LogP contribution in [0.15, 0.2) is 43.2 Å². The van der Waals surface area contributed by atoms with Gasteiger partial charge in [-0.15, -0.1) is 0 Å². The molecule has 0 amide bonds. The number of halogens is 3. The molecule has 3 aromatic heterocycles. The first kappa shape index (κ1) is 22.1. The van der Waals surface area contributed by atoms with Crippen molar-refractivity contribution in [3.8, 4) is 11.3 Å². The molecule has 4 rings (SSSR count). The van der Waals surface area contributed by atoms with Crippen molar-refractivity contribution < 1.29 is 23.1 Å². The van der Waals surface area contributed by atoms with Crippen molar-refractivity contribution in [2.75, 3.05) is 18.0 Å². The highest BCUT2D eigenvalue weighted by Crippen LogP contribution is 2.25. The Morgan fingerprint density at radius 2 is 1.74 bits per heavy atom. The van der Waals surface area contributed by atoms with Crippen LogP contribution < -0.4 is 4.90 Å². The van der Waals surface area contributed by atoms with Gasteiger partial charge >= 0.3 is 12.1 Å². The minimum atomic E-state index is -5.08. The number of rotatable bonds is 2. The van der Waals surface area contributed by atoms with Crippen LogP contribution >= 0.6 is 0 Å². The first-order valence-electron chi connectivity index (χ1n) is 9.32. The van der Waals surface area contributed by atoms with Gasteiger partial charge in [-0.05, 0) is 31.0 Å². The van der Waals surface area contributed by atoms with Crippen molar-refractivity contribution in [1.29, 1.82) is 0 Å². The first-order chi connectivity index (χ1) is 14.8. The number of hydrogen-bond acceptors (Lipinski definition) is 7. The summed E-state index contributed by atoms with van der Waals surface area (Å²) in [5.41, 5.74) is 5.41. The minimum Gasteiger partial charge on any atom is -0.475 e. The van der Waals surface area contributed by atoms with Crippen LogP contribution in [0.25, 0.3) is 11.3 Å². The van der Waals surface area contributed by atoms with E-state index in [0.717, 1.165) is 54.4 Å². The fourth-order valence-electron chi connectivity index (χ4n) is 3.03. The molecule has 0 aromatic carbocycles. The van der Waals surface area contributed by atoms with E-state index in [1.165, 1.54) is 5.56 Å². The average molecular weight is 432 g/mol. The Morgan fingerprint density at radius 3 is 2.35 bits per heavy atom. The number of hydrogen-bond donors (Lipinski definition) is 1. The van der Waals surface area contributed by atoms with Gasteiger partial charge in [-0.1, -0.05) is 0 Å². The molecule has 8 nitrogen and oxygen atoms in total. The molecule has 0 unspecified atom stereocenters. The predicted octanol–water partition coefficient (Wildman–Crippen LogP) is 2.88. The molecule has 0 saturated heterocycles. The lowest BCUT2D eigenvalue weighted by Crippen LogP contribution is -2.27. The highest BCUT2D eigenvalue weighted by molar-refractivity contribution is 5.73. The van der Waals surface area contributed by atoms with Gasteiger partial charge in [-0.25, -0.2) is 24.7 Å². The number of aromatic nitrogens is 5. The van der Waals surface area contributed by atoms with Crippen LogP contribution in [0.4, 0.5) is 19.1 Å². The number of aryl methyl sites for hydroxylation is 1. The quantitative estimate of drug-likeness (QED) is 0.659. The Morgan fingerprint density at radius 1 is 1.06 bits per heavy atom. The first-order valence-corrected chi connectivity index (χ1v) is 9.32. The van der Waals surface area contributed by atoms with E-state index in [2.05, 4.69) is 29.8 Å². The predicted molar refractivity (Wildman–Crippen MR) is 105 cm³/mol. The van der Waals surface area contributed by atoms with Gasteiger partial charge in [0.25, 0.3) is 0 Å². The third-order valence-electron chi connectivity index (χ3n) is 4.51. The lowest BCUT2D eigenvalue weighted by atomic mass is 10.0. The summed E-state index contributed by atoms with van der Waals surface area (Å²) in [6, 6.07) is 3.98. The Bertz CT molecular complexity index is 1030. The molecule has 1 aliphatic heterocycles. The van der Waals surface area contributed by atoms with Gasteiger partial charge in [-0.2, -0.15) is 13.2 Å². The van der Waals surface area contributed by atoms with Crippen LogP contribution in [0.2, 0.25) is 0 Å². The van der Waals surface area contributed by atoms with Crippen LogP contribution in [0.5, 0.6) is 0 Å². The van der Waals surface area contributed by atoms with Crippen LogP contribution in [0, 0.1) is 6.92 Å². The normalized spacial score (nSPS) is 13.5. The van der Waals surface area contributed by atoms with E-state index >= 15 is 0 Å². The third kappa shape index (κ3) is 5.71. The molecule has 1 aliphatic rings. The summed E-state index contributed by atoms with van der Waals surface area (Å²) in [5.74, 6) is -1.98. The number of nitrogens with zero attached hydrogens (tertiary/aromatic N) is 6. The summed E-state index contributed by atoms with van der Waals surface area (Å²) in [6.45, 7) is 3.72. The van der Waals surface area contributed by atoms with Crippen molar-refractivity contribution in [2.45, 2.75) is 25.9 Å². The van der Waals surface area contributed by atoms with Gasteiger partial charge in [-0.3, -0.25) is 4.98 Å². The van der Waals surface area contributed by atoms with Gasteiger partial charge in [0.1, 0.15) is 6.33 Å². The average Bonchev–Trinajstić information content (AvgIpc) is 2.97. The largest absolute Gasteiger partial charge is 0.490 e. The second-order valence-electron chi connectivity index (χ2n) is 6.74. The van der Waals surface area contributed by atoms with Crippen molar-refractivity contribution in [3.05, 3.63) is 60.1 Å². The summed E-state index contributed by atoms with van der Waals surface area (Å²) in [4.78, 5) is 33.3. The number of alkyl halides is 3. The molecular formula is C20H19F3N6O2. The van der Waals surface area contributed by atoms with Crippen LogP contribution in [-0.2, 0) is 17.6 Å². The number of fused-ring (bicyclic) bond motifs is 1. The summed E-state index contributed by atoms with van der Waals surface area (Å²) < 4.78 is 31.7. The van der Waals surface area contributed by atoms with Crippen molar-refractivity contribution in [1.82, 2.24) is 24.9 Å². The van der Waals surface area contributed by atoms with Gasteiger partial charge in [0.2, 0.25) is 5.95 Å². The molecular weight excluding hydrogens is 413 g/mol. The molecule has 3 aromatic rings. The molecule has 4 heterocycles. The SMILES string of the molecule is Cc1cnc(N2CCc3ncnc(-c4cccnc4)c3CC2)nc1.O=C(O)C(F)(F)F. The van der Waals surface area contributed by atoms with Crippen molar-refractivity contribution in [3.63, 3.8) is 0 Å². The van der Waals surface area contributed by atoms with E-state index < -0.39 is 12.1 Å². The van der Waals surface area contributed by atoms with Gasteiger partial charge < -0.3 is 10.0 Å². The number of carboxylic acid groups (broad SMARTS) is 1. The zero-order chi connectivity index (χ0) is 22.4. The van der Waals surface area contributed by atoms with Crippen LogP contribution in [0.3, 0.4) is 0 Å². The monoisotopic (exact) mass is 432 g/mol. The highest BCUT2D eigenvalue weighted by atomic mass is 19.4. The molecule has 1 N–H and O–H groups in total. The maximum atomic E-state index is 10.6. The molecule has 162 valence electrons. The lowest BCUT2D eigenvalue weighted by Gasteiger charge is -2.19. The lowest BCUT2D eigenvalue weighted by molar-refractivity contribution is -0.192.